The largest absolute Gasteiger partial charge is 0.317 e. The zero-order valence-electron chi connectivity index (χ0n) is 8.59. The fourth-order valence-corrected chi connectivity index (χ4v) is 4.13. The molecule has 1 nitrogen and oxygen atoms in total. The van der Waals surface area contributed by atoms with Crippen molar-refractivity contribution in [2.75, 3.05) is 24.6 Å². The Labute approximate surface area is 86.0 Å². The first-order valence-corrected chi connectivity index (χ1v) is 6.82. The van der Waals surface area contributed by atoms with Crippen molar-refractivity contribution in [2.45, 2.75) is 26.2 Å². The van der Waals surface area contributed by atoms with Gasteiger partial charge < -0.3 is 5.32 Å². The van der Waals surface area contributed by atoms with E-state index in [0.29, 0.717) is 0 Å². The second-order valence-corrected chi connectivity index (χ2v) is 5.72. The van der Waals surface area contributed by atoms with Crippen molar-refractivity contribution in [1.29, 1.82) is 0 Å². The highest BCUT2D eigenvalue weighted by atomic mass is 32.2. The van der Waals surface area contributed by atoms with Crippen molar-refractivity contribution in [3.8, 4) is 0 Å². The highest BCUT2D eigenvalue weighted by Gasteiger charge is 2.28. The van der Waals surface area contributed by atoms with E-state index in [1.54, 1.807) is 0 Å². The maximum absolute atomic E-state index is 3.45. The molecule has 0 aromatic heterocycles. The monoisotopic (exact) mass is 199 g/mol. The second-order valence-electron chi connectivity index (χ2n) is 4.57. The van der Waals surface area contributed by atoms with Crippen molar-refractivity contribution in [3.63, 3.8) is 0 Å². The normalized spacial score (nSPS) is 33.5. The second kappa shape index (κ2) is 4.70. The van der Waals surface area contributed by atoms with Gasteiger partial charge in [0.25, 0.3) is 0 Å². The summed E-state index contributed by atoms with van der Waals surface area (Å²) in [4.78, 5) is 0. The average Bonchev–Trinajstić information content (AvgIpc) is 2.71. The van der Waals surface area contributed by atoms with E-state index in [-0.39, 0.29) is 0 Å². The van der Waals surface area contributed by atoms with Gasteiger partial charge in [0.1, 0.15) is 0 Å². The van der Waals surface area contributed by atoms with Crippen LogP contribution in [0.4, 0.5) is 0 Å². The molecular weight excluding hydrogens is 178 g/mol. The van der Waals surface area contributed by atoms with Gasteiger partial charge >= 0.3 is 0 Å². The summed E-state index contributed by atoms with van der Waals surface area (Å²) in [5.74, 6) is 5.89. The Balaban J connectivity index is 1.83. The molecule has 13 heavy (non-hydrogen) atoms. The maximum Gasteiger partial charge on any atom is -0.00362 e. The molecule has 2 heteroatoms. The van der Waals surface area contributed by atoms with Gasteiger partial charge in [0.15, 0.2) is 0 Å². The van der Waals surface area contributed by atoms with Gasteiger partial charge in [-0.15, -0.1) is 0 Å². The van der Waals surface area contributed by atoms with Gasteiger partial charge in [-0.2, -0.15) is 11.8 Å². The van der Waals surface area contributed by atoms with Crippen LogP contribution in [0.25, 0.3) is 0 Å². The summed E-state index contributed by atoms with van der Waals surface area (Å²) in [6.45, 7) is 5.01. The van der Waals surface area contributed by atoms with Gasteiger partial charge in [-0.25, -0.2) is 0 Å². The molecule has 1 N–H and O–H groups in total. The molecule has 0 radical (unpaired) electrons. The van der Waals surface area contributed by atoms with E-state index in [1.165, 1.54) is 43.9 Å². The van der Waals surface area contributed by atoms with E-state index >= 15 is 0 Å². The first-order chi connectivity index (χ1) is 6.38. The van der Waals surface area contributed by atoms with Crippen molar-refractivity contribution in [2.24, 2.45) is 17.8 Å². The summed E-state index contributed by atoms with van der Waals surface area (Å²) in [5, 5.41) is 3.45. The number of thioether (sulfide) groups is 1. The van der Waals surface area contributed by atoms with Crippen molar-refractivity contribution < 1.29 is 0 Å². The van der Waals surface area contributed by atoms with Crippen LogP contribution in [0.15, 0.2) is 0 Å². The molecule has 0 aromatic carbocycles. The van der Waals surface area contributed by atoms with Crippen LogP contribution in [0.1, 0.15) is 26.2 Å². The van der Waals surface area contributed by atoms with Crippen LogP contribution >= 0.6 is 11.8 Å². The summed E-state index contributed by atoms with van der Waals surface area (Å²) in [6.07, 6.45) is 4.32. The summed E-state index contributed by atoms with van der Waals surface area (Å²) in [5.41, 5.74) is 0. The average molecular weight is 199 g/mol. The van der Waals surface area contributed by atoms with E-state index in [9.17, 15) is 0 Å². The molecule has 0 aromatic rings. The summed E-state index contributed by atoms with van der Waals surface area (Å²) in [6, 6.07) is 0. The standard InChI is InChI=1S/C11H21NS/c1-9(11-4-7-13-8-11)10-2-5-12-6-3-10/h9-12H,2-8H2,1H3. The Bertz CT molecular complexity index is 148. The van der Waals surface area contributed by atoms with E-state index in [0.717, 1.165) is 17.8 Å². The zero-order valence-corrected chi connectivity index (χ0v) is 9.41. The van der Waals surface area contributed by atoms with Gasteiger partial charge in [0.2, 0.25) is 0 Å². The predicted molar refractivity (Wildman–Crippen MR) is 60.2 cm³/mol. The lowest BCUT2D eigenvalue weighted by molar-refractivity contribution is 0.215. The molecule has 2 saturated heterocycles. The third-order valence-corrected chi connectivity index (χ3v) is 5.02. The van der Waals surface area contributed by atoms with Crippen LogP contribution in [-0.2, 0) is 0 Å². The molecule has 76 valence electrons. The topological polar surface area (TPSA) is 12.0 Å². The smallest absolute Gasteiger partial charge is 0.00362 e. The number of piperidine rings is 1. The number of rotatable bonds is 2. The molecular formula is C11H21NS. The van der Waals surface area contributed by atoms with E-state index in [2.05, 4.69) is 24.0 Å². The number of hydrogen-bond acceptors (Lipinski definition) is 2. The lowest BCUT2D eigenvalue weighted by atomic mass is 9.78. The SMILES string of the molecule is CC(C1CCNCC1)C1CCSC1. The molecule has 0 spiro atoms. The first kappa shape index (κ1) is 9.85. The molecule has 2 aliphatic rings. The third-order valence-electron chi connectivity index (χ3n) is 3.84. The van der Waals surface area contributed by atoms with Crippen LogP contribution in [0, 0.1) is 17.8 Å². The fraction of sp³-hybridized carbons (Fsp3) is 1.00. The van der Waals surface area contributed by atoms with Crippen LogP contribution in [-0.4, -0.2) is 24.6 Å². The molecule has 0 saturated carbocycles. The van der Waals surface area contributed by atoms with Crippen molar-refractivity contribution in [1.82, 2.24) is 5.32 Å². The molecule has 0 aliphatic carbocycles. The first-order valence-electron chi connectivity index (χ1n) is 5.66. The Kier molecular flexibility index (Phi) is 3.56. The minimum absolute atomic E-state index is 0.983. The van der Waals surface area contributed by atoms with Gasteiger partial charge in [-0.1, -0.05) is 6.92 Å². The Morgan fingerprint density at radius 3 is 2.54 bits per heavy atom. The van der Waals surface area contributed by atoms with E-state index < -0.39 is 0 Å². The quantitative estimate of drug-likeness (QED) is 0.733. The number of nitrogens with one attached hydrogen (secondary N) is 1. The van der Waals surface area contributed by atoms with Gasteiger partial charge in [0.05, 0.1) is 0 Å². The maximum atomic E-state index is 3.45. The van der Waals surface area contributed by atoms with Gasteiger partial charge in [-0.3, -0.25) is 0 Å². The molecule has 0 bridgehead atoms. The van der Waals surface area contributed by atoms with E-state index in [4.69, 9.17) is 0 Å². The lowest BCUT2D eigenvalue weighted by Crippen LogP contribution is -2.33. The summed E-state index contributed by atoms with van der Waals surface area (Å²) in [7, 11) is 0. The fourth-order valence-electron chi connectivity index (χ4n) is 2.72. The lowest BCUT2D eigenvalue weighted by Gasteiger charge is -2.31. The molecule has 2 heterocycles. The van der Waals surface area contributed by atoms with Crippen LogP contribution in [0.3, 0.4) is 0 Å². The van der Waals surface area contributed by atoms with Crippen LogP contribution in [0.2, 0.25) is 0 Å². The molecule has 2 rings (SSSR count). The number of hydrogen-bond donors (Lipinski definition) is 1. The van der Waals surface area contributed by atoms with Crippen LogP contribution in [0.5, 0.6) is 0 Å². The molecule has 2 atom stereocenters. The Morgan fingerprint density at radius 2 is 1.92 bits per heavy atom. The van der Waals surface area contributed by atoms with Crippen molar-refractivity contribution >= 4 is 11.8 Å². The highest BCUT2D eigenvalue weighted by Crippen LogP contribution is 2.36. The molecule has 2 unspecified atom stereocenters. The zero-order chi connectivity index (χ0) is 9.10. The molecule has 0 amide bonds. The minimum atomic E-state index is 0.983. The van der Waals surface area contributed by atoms with Crippen LogP contribution < -0.4 is 5.32 Å². The highest BCUT2D eigenvalue weighted by molar-refractivity contribution is 7.99. The summed E-state index contributed by atoms with van der Waals surface area (Å²) < 4.78 is 0. The van der Waals surface area contributed by atoms with Crippen molar-refractivity contribution in [3.05, 3.63) is 0 Å². The van der Waals surface area contributed by atoms with Gasteiger partial charge in [0, 0.05) is 0 Å². The predicted octanol–water partition coefficient (Wildman–Crippen LogP) is 2.38. The third kappa shape index (κ3) is 2.41. The minimum Gasteiger partial charge on any atom is -0.317 e. The Hall–Kier alpha value is 0.310. The van der Waals surface area contributed by atoms with Gasteiger partial charge in [-0.05, 0) is 61.6 Å². The van der Waals surface area contributed by atoms with E-state index in [1.807, 2.05) is 0 Å². The Morgan fingerprint density at radius 1 is 1.15 bits per heavy atom. The molecule has 2 fully saturated rings. The summed E-state index contributed by atoms with van der Waals surface area (Å²) >= 11 is 2.16. The molecule has 2 aliphatic heterocycles.